The Labute approximate surface area is 148 Å². The van der Waals surface area contributed by atoms with Gasteiger partial charge in [-0.3, -0.25) is 4.79 Å². The topological polar surface area (TPSA) is 59.8 Å². The van der Waals surface area contributed by atoms with E-state index in [0.717, 1.165) is 21.4 Å². The molecule has 0 aliphatic carbocycles. The molecule has 0 unspecified atom stereocenters. The number of anilines is 1. The van der Waals surface area contributed by atoms with Gasteiger partial charge in [-0.1, -0.05) is 39.3 Å². The number of aromatic nitrogens is 3. The molecule has 0 spiro atoms. The lowest BCUT2D eigenvalue weighted by Gasteiger charge is -2.11. The lowest BCUT2D eigenvalue weighted by Crippen LogP contribution is -2.12. The Morgan fingerprint density at radius 2 is 1.88 bits per heavy atom. The molecule has 0 fully saturated rings. The number of benzene rings is 2. The normalized spacial score (nSPS) is 11.4. The number of rotatable bonds is 3. The second-order valence-corrected chi connectivity index (χ2v) is 5.94. The summed E-state index contributed by atoms with van der Waals surface area (Å²) in [6.45, 7) is 0. The van der Waals surface area contributed by atoms with Gasteiger partial charge in [-0.2, -0.15) is 13.2 Å². The van der Waals surface area contributed by atoms with Crippen molar-refractivity contribution in [1.29, 1.82) is 0 Å². The van der Waals surface area contributed by atoms with E-state index in [0.29, 0.717) is 5.69 Å². The van der Waals surface area contributed by atoms with Gasteiger partial charge in [0.25, 0.3) is 5.91 Å². The number of nitrogens with zero attached hydrogens (tertiary/aromatic N) is 3. The molecule has 0 saturated heterocycles. The molecule has 3 aromatic rings. The standard InChI is InChI=1S/C16H10BrF3N4O/c17-10-4-3-5-11(8-10)21-15(25)13-9-24(23-22-13)14-7-2-1-6-12(14)16(18,19)20/h1-9H,(H,21,25). The Balaban J connectivity index is 1.87. The Bertz CT molecular complexity index is 923. The minimum absolute atomic E-state index is 0.100. The van der Waals surface area contributed by atoms with Crippen LogP contribution in [0.4, 0.5) is 18.9 Å². The van der Waals surface area contributed by atoms with Crippen molar-refractivity contribution in [3.63, 3.8) is 0 Å². The van der Waals surface area contributed by atoms with Gasteiger partial charge in [-0.05, 0) is 30.3 Å². The summed E-state index contributed by atoms with van der Waals surface area (Å²) in [6.07, 6.45) is -3.39. The fourth-order valence-corrected chi connectivity index (χ4v) is 2.56. The molecule has 3 rings (SSSR count). The summed E-state index contributed by atoms with van der Waals surface area (Å²) in [5.74, 6) is -0.575. The summed E-state index contributed by atoms with van der Waals surface area (Å²) in [6, 6.07) is 11.8. The summed E-state index contributed by atoms with van der Waals surface area (Å²) in [4.78, 5) is 12.2. The van der Waals surface area contributed by atoms with Gasteiger partial charge >= 0.3 is 6.18 Å². The molecule has 1 heterocycles. The molecule has 0 bridgehead atoms. The van der Waals surface area contributed by atoms with Gasteiger partial charge in [0, 0.05) is 10.2 Å². The van der Waals surface area contributed by atoms with E-state index in [4.69, 9.17) is 0 Å². The van der Waals surface area contributed by atoms with Gasteiger partial charge in [0.1, 0.15) is 0 Å². The smallest absolute Gasteiger partial charge is 0.321 e. The Hall–Kier alpha value is -2.68. The van der Waals surface area contributed by atoms with Crippen LogP contribution in [0, 0.1) is 0 Å². The third-order valence-corrected chi connectivity index (χ3v) is 3.76. The first-order valence-corrected chi connectivity index (χ1v) is 7.80. The van der Waals surface area contributed by atoms with E-state index in [1.807, 2.05) is 0 Å². The number of carbonyl (C=O) groups excluding carboxylic acids is 1. The largest absolute Gasteiger partial charge is 0.418 e. The maximum atomic E-state index is 13.1. The monoisotopic (exact) mass is 410 g/mol. The molecule has 0 aliphatic heterocycles. The van der Waals surface area contributed by atoms with Crippen molar-refractivity contribution in [3.8, 4) is 5.69 Å². The molecule has 0 atom stereocenters. The van der Waals surface area contributed by atoms with Crippen molar-refractivity contribution in [2.75, 3.05) is 5.32 Å². The number of amides is 1. The first-order valence-electron chi connectivity index (χ1n) is 7.00. The number of alkyl halides is 3. The van der Waals surface area contributed by atoms with Crippen LogP contribution in [-0.2, 0) is 6.18 Å². The zero-order chi connectivity index (χ0) is 18.0. The summed E-state index contributed by atoms with van der Waals surface area (Å²) in [7, 11) is 0. The SMILES string of the molecule is O=C(Nc1cccc(Br)c1)c1cn(-c2ccccc2C(F)(F)F)nn1. The summed E-state index contributed by atoms with van der Waals surface area (Å²) in [5, 5.41) is 9.90. The number of halogens is 4. The van der Waals surface area contributed by atoms with Gasteiger partial charge < -0.3 is 5.32 Å². The van der Waals surface area contributed by atoms with Crippen LogP contribution in [0.15, 0.2) is 59.2 Å². The van der Waals surface area contributed by atoms with E-state index >= 15 is 0 Å². The van der Waals surface area contributed by atoms with Crippen molar-refractivity contribution in [2.24, 2.45) is 0 Å². The first-order chi connectivity index (χ1) is 11.8. The number of carbonyl (C=O) groups is 1. The lowest BCUT2D eigenvalue weighted by molar-refractivity contribution is -0.137. The summed E-state index contributed by atoms with van der Waals surface area (Å²) in [5.41, 5.74) is -0.649. The van der Waals surface area contributed by atoms with Crippen molar-refractivity contribution in [2.45, 2.75) is 6.18 Å². The number of hydrogen-bond donors (Lipinski definition) is 1. The van der Waals surface area contributed by atoms with E-state index < -0.39 is 17.6 Å². The van der Waals surface area contributed by atoms with Crippen LogP contribution < -0.4 is 5.32 Å². The average molecular weight is 411 g/mol. The predicted molar refractivity (Wildman–Crippen MR) is 88.5 cm³/mol. The van der Waals surface area contributed by atoms with Crippen LogP contribution in [-0.4, -0.2) is 20.9 Å². The van der Waals surface area contributed by atoms with Crippen LogP contribution in [0.25, 0.3) is 5.69 Å². The molecule has 0 radical (unpaired) electrons. The fourth-order valence-electron chi connectivity index (χ4n) is 2.16. The summed E-state index contributed by atoms with van der Waals surface area (Å²) < 4.78 is 40.9. The van der Waals surface area contributed by atoms with Gasteiger partial charge in [0.2, 0.25) is 0 Å². The quantitative estimate of drug-likeness (QED) is 0.699. The lowest BCUT2D eigenvalue weighted by atomic mass is 10.1. The molecule has 0 saturated carbocycles. The molecule has 5 nitrogen and oxygen atoms in total. The third-order valence-electron chi connectivity index (χ3n) is 3.26. The number of para-hydroxylation sites is 1. The van der Waals surface area contributed by atoms with Crippen molar-refractivity contribution >= 4 is 27.5 Å². The van der Waals surface area contributed by atoms with E-state index in [1.165, 1.54) is 18.2 Å². The summed E-state index contributed by atoms with van der Waals surface area (Å²) >= 11 is 3.28. The Morgan fingerprint density at radius 3 is 2.60 bits per heavy atom. The third kappa shape index (κ3) is 3.87. The molecule has 0 aliphatic rings. The second kappa shape index (κ2) is 6.67. The molecule has 25 heavy (non-hydrogen) atoms. The van der Waals surface area contributed by atoms with Crippen molar-refractivity contribution in [3.05, 3.63) is 70.5 Å². The minimum Gasteiger partial charge on any atom is -0.321 e. The molecule has 128 valence electrons. The van der Waals surface area contributed by atoms with Crippen LogP contribution in [0.5, 0.6) is 0 Å². The zero-order valence-corrected chi connectivity index (χ0v) is 14.0. The van der Waals surface area contributed by atoms with E-state index in [9.17, 15) is 18.0 Å². The highest BCUT2D eigenvalue weighted by Gasteiger charge is 2.34. The maximum absolute atomic E-state index is 13.1. The van der Waals surface area contributed by atoms with E-state index in [1.54, 1.807) is 24.3 Å². The molecule has 9 heteroatoms. The van der Waals surface area contributed by atoms with Crippen LogP contribution in [0.1, 0.15) is 16.1 Å². The van der Waals surface area contributed by atoms with Crippen LogP contribution in [0.2, 0.25) is 0 Å². The number of nitrogens with one attached hydrogen (secondary N) is 1. The van der Waals surface area contributed by atoms with Gasteiger partial charge in [0.15, 0.2) is 5.69 Å². The zero-order valence-electron chi connectivity index (χ0n) is 12.5. The number of hydrogen-bond acceptors (Lipinski definition) is 3. The Morgan fingerprint density at radius 1 is 1.12 bits per heavy atom. The molecule has 1 amide bonds. The van der Waals surface area contributed by atoms with Crippen LogP contribution >= 0.6 is 15.9 Å². The molecule has 1 N–H and O–H groups in total. The predicted octanol–water partition coefficient (Wildman–Crippen LogP) is 4.30. The second-order valence-electron chi connectivity index (χ2n) is 5.03. The average Bonchev–Trinajstić information content (AvgIpc) is 3.04. The highest BCUT2D eigenvalue weighted by Crippen LogP contribution is 2.33. The van der Waals surface area contributed by atoms with E-state index in [2.05, 4.69) is 31.6 Å². The minimum atomic E-state index is -4.54. The first kappa shape index (κ1) is 17.2. The van der Waals surface area contributed by atoms with Crippen molar-refractivity contribution < 1.29 is 18.0 Å². The highest BCUT2D eigenvalue weighted by atomic mass is 79.9. The van der Waals surface area contributed by atoms with Gasteiger partial charge in [0.05, 0.1) is 17.4 Å². The molecule has 1 aromatic heterocycles. The molecular weight excluding hydrogens is 401 g/mol. The van der Waals surface area contributed by atoms with Gasteiger partial charge in [-0.25, -0.2) is 4.68 Å². The maximum Gasteiger partial charge on any atom is 0.418 e. The fraction of sp³-hybridized carbons (Fsp3) is 0.0625. The Kier molecular flexibility index (Phi) is 4.58. The van der Waals surface area contributed by atoms with Crippen molar-refractivity contribution in [1.82, 2.24) is 15.0 Å². The van der Waals surface area contributed by atoms with Gasteiger partial charge in [-0.15, -0.1) is 5.10 Å². The van der Waals surface area contributed by atoms with E-state index in [-0.39, 0.29) is 11.4 Å². The molecular formula is C16H10BrF3N4O. The molecule has 2 aromatic carbocycles. The highest BCUT2D eigenvalue weighted by molar-refractivity contribution is 9.10. The van der Waals surface area contributed by atoms with Crippen LogP contribution in [0.3, 0.4) is 0 Å².